The summed E-state index contributed by atoms with van der Waals surface area (Å²) in [5.41, 5.74) is 1.27. The van der Waals surface area contributed by atoms with Crippen molar-refractivity contribution < 1.29 is 5.11 Å². The van der Waals surface area contributed by atoms with Gasteiger partial charge >= 0.3 is 0 Å². The fraction of sp³-hybridized carbons (Fsp3) is 0.667. The third kappa shape index (κ3) is 2.07. The van der Waals surface area contributed by atoms with Gasteiger partial charge in [-0.15, -0.1) is 11.3 Å². The first kappa shape index (κ1) is 9.12. The van der Waals surface area contributed by atoms with Crippen LogP contribution >= 0.6 is 11.3 Å². The predicted octanol–water partition coefficient (Wildman–Crippen LogP) is 0.714. The Kier molecular flexibility index (Phi) is 2.93. The highest BCUT2D eigenvalue weighted by Crippen LogP contribution is 2.22. The van der Waals surface area contributed by atoms with E-state index in [0.29, 0.717) is 0 Å². The zero-order valence-corrected chi connectivity index (χ0v) is 8.36. The molecule has 1 aliphatic heterocycles. The number of nitrogens with zero attached hydrogens (tertiary/aromatic N) is 1. The van der Waals surface area contributed by atoms with Crippen LogP contribution in [-0.2, 0) is 19.4 Å². The van der Waals surface area contributed by atoms with Gasteiger partial charge in [-0.2, -0.15) is 0 Å². The van der Waals surface area contributed by atoms with E-state index in [1.807, 2.05) is 0 Å². The second kappa shape index (κ2) is 4.17. The summed E-state index contributed by atoms with van der Waals surface area (Å²) in [5.74, 6) is 0. The standard InChI is InChI=1S/C9H14N2OS/c12-5-1-2-9-11-7-3-4-10-6-8(7)13-9/h10,12H,1-6H2. The van der Waals surface area contributed by atoms with E-state index < -0.39 is 0 Å². The highest BCUT2D eigenvalue weighted by Gasteiger charge is 2.13. The first-order valence-electron chi connectivity index (χ1n) is 4.69. The molecule has 0 aromatic carbocycles. The summed E-state index contributed by atoms with van der Waals surface area (Å²) in [5, 5.41) is 13.2. The fourth-order valence-corrected chi connectivity index (χ4v) is 2.64. The highest BCUT2D eigenvalue weighted by atomic mass is 32.1. The maximum Gasteiger partial charge on any atom is 0.0932 e. The lowest BCUT2D eigenvalue weighted by molar-refractivity contribution is 0.288. The van der Waals surface area contributed by atoms with E-state index in [1.165, 1.54) is 15.6 Å². The Hall–Kier alpha value is -0.450. The number of aliphatic hydroxyl groups excluding tert-OH is 1. The third-order valence-corrected chi connectivity index (χ3v) is 3.35. The largest absolute Gasteiger partial charge is 0.396 e. The molecule has 0 spiro atoms. The molecule has 3 nitrogen and oxygen atoms in total. The predicted molar refractivity (Wildman–Crippen MR) is 52.9 cm³/mol. The van der Waals surface area contributed by atoms with Gasteiger partial charge in [-0.3, -0.25) is 0 Å². The summed E-state index contributed by atoms with van der Waals surface area (Å²) in [4.78, 5) is 5.94. The number of aryl methyl sites for hydroxylation is 1. The number of nitrogens with one attached hydrogen (secondary N) is 1. The number of hydrogen-bond donors (Lipinski definition) is 2. The maximum absolute atomic E-state index is 8.69. The van der Waals surface area contributed by atoms with Crippen LogP contribution in [0, 0.1) is 0 Å². The van der Waals surface area contributed by atoms with Gasteiger partial charge in [-0.05, 0) is 6.42 Å². The second-order valence-electron chi connectivity index (χ2n) is 3.23. The van der Waals surface area contributed by atoms with E-state index in [0.717, 1.165) is 32.4 Å². The van der Waals surface area contributed by atoms with Gasteiger partial charge in [0.15, 0.2) is 0 Å². The van der Waals surface area contributed by atoms with Crippen molar-refractivity contribution in [3.05, 3.63) is 15.6 Å². The quantitative estimate of drug-likeness (QED) is 0.752. The molecule has 2 rings (SSSR count). The van der Waals surface area contributed by atoms with Gasteiger partial charge < -0.3 is 10.4 Å². The van der Waals surface area contributed by atoms with E-state index in [4.69, 9.17) is 5.11 Å². The molecule has 0 bridgehead atoms. The van der Waals surface area contributed by atoms with Crippen molar-refractivity contribution in [2.24, 2.45) is 0 Å². The molecule has 1 aromatic heterocycles. The number of hydrogen-bond acceptors (Lipinski definition) is 4. The van der Waals surface area contributed by atoms with Crippen LogP contribution in [0.2, 0.25) is 0 Å². The van der Waals surface area contributed by atoms with Crippen LogP contribution in [0.25, 0.3) is 0 Å². The zero-order valence-electron chi connectivity index (χ0n) is 7.55. The van der Waals surface area contributed by atoms with Crippen molar-refractivity contribution >= 4 is 11.3 Å². The molecule has 72 valence electrons. The monoisotopic (exact) mass is 198 g/mol. The fourth-order valence-electron chi connectivity index (χ4n) is 1.52. The summed E-state index contributed by atoms with van der Waals surface area (Å²) in [6.45, 7) is 2.30. The Morgan fingerprint density at radius 2 is 2.46 bits per heavy atom. The molecule has 0 saturated carbocycles. The summed E-state index contributed by atoms with van der Waals surface area (Å²) in [6.07, 6.45) is 2.82. The van der Waals surface area contributed by atoms with Crippen molar-refractivity contribution in [2.75, 3.05) is 13.2 Å². The van der Waals surface area contributed by atoms with Crippen LogP contribution in [0.5, 0.6) is 0 Å². The first-order chi connectivity index (χ1) is 6.40. The summed E-state index contributed by atoms with van der Waals surface area (Å²) in [7, 11) is 0. The smallest absolute Gasteiger partial charge is 0.0932 e. The highest BCUT2D eigenvalue weighted by molar-refractivity contribution is 7.11. The van der Waals surface area contributed by atoms with Gasteiger partial charge in [0.2, 0.25) is 0 Å². The molecule has 1 aromatic rings. The van der Waals surface area contributed by atoms with Gasteiger partial charge in [0, 0.05) is 37.4 Å². The SMILES string of the molecule is OCCCc1nc2c(s1)CNCC2. The molecular weight excluding hydrogens is 184 g/mol. The number of fused-ring (bicyclic) bond motifs is 1. The van der Waals surface area contributed by atoms with E-state index in [1.54, 1.807) is 11.3 Å². The average Bonchev–Trinajstić information content (AvgIpc) is 2.57. The van der Waals surface area contributed by atoms with E-state index in [-0.39, 0.29) is 6.61 Å². The lowest BCUT2D eigenvalue weighted by atomic mass is 10.2. The van der Waals surface area contributed by atoms with Crippen LogP contribution in [0.3, 0.4) is 0 Å². The maximum atomic E-state index is 8.69. The summed E-state index contributed by atoms with van der Waals surface area (Å²) in [6, 6.07) is 0. The van der Waals surface area contributed by atoms with Crippen molar-refractivity contribution in [1.29, 1.82) is 0 Å². The molecular formula is C9H14N2OS. The van der Waals surface area contributed by atoms with Crippen LogP contribution in [0.4, 0.5) is 0 Å². The third-order valence-electron chi connectivity index (χ3n) is 2.20. The van der Waals surface area contributed by atoms with Gasteiger partial charge in [0.05, 0.1) is 10.7 Å². The summed E-state index contributed by atoms with van der Waals surface area (Å²) < 4.78 is 0. The van der Waals surface area contributed by atoms with E-state index in [2.05, 4.69) is 10.3 Å². The topological polar surface area (TPSA) is 45.2 Å². The molecule has 2 heterocycles. The van der Waals surface area contributed by atoms with Crippen molar-refractivity contribution in [1.82, 2.24) is 10.3 Å². The van der Waals surface area contributed by atoms with Crippen LogP contribution in [0.15, 0.2) is 0 Å². The van der Waals surface area contributed by atoms with Gasteiger partial charge in [-0.25, -0.2) is 4.98 Å². The van der Waals surface area contributed by atoms with Gasteiger partial charge in [0.25, 0.3) is 0 Å². The Labute approximate surface area is 81.8 Å². The molecule has 0 atom stereocenters. The lowest BCUT2D eigenvalue weighted by Gasteiger charge is -2.09. The molecule has 0 aliphatic carbocycles. The second-order valence-corrected chi connectivity index (χ2v) is 4.40. The summed E-state index contributed by atoms with van der Waals surface area (Å²) >= 11 is 1.79. The molecule has 1 aliphatic rings. The lowest BCUT2D eigenvalue weighted by Crippen LogP contribution is -2.22. The Morgan fingerprint density at radius 1 is 1.54 bits per heavy atom. The molecule has 0 unspecified atom stereocenters. The Balaban J connectivity index is 2.07. The minimum atomic E-state index is 0.266. The number of thiazole rings is 1. The molecule has 0 radical (unpaired) electrons. The van der Waals surface area contributed by atoms with Crippen LogP contribution < -0.4 is 5.32 Å². The molecule has 4 heteroatoms. The van der Waals surface area contributed by atoms with E-state index >= 15 is 0 Å². The minimum Gasteiger partial charge on any atom is -0.396 e. The van der Waals surface area contributed by atoms with Gasteiger partial charge in [-0.1, -0.05) is 0 Å². The first-order valence-corrected chi connectivity index (χ1v) is 5.51. The number of aromatic nitrogens is 1. The van der Waals surface area contributed by atoms with Crippen LogP contribution in [-0.4, -0.2) is 23.2 Å². The molecule has 0 saturated heterocycles. The minimum absolute atomic E-state index is 0.266. The molecule has 0 fully saturated rings. The molecule has 13 heavy (non-hydrogen) atoms. The van der Waals surface area contributed by atoms with E-state index in [9.17, 15) is 0 Å². The Bertz CT molecular complexity index is 262. The number of aliphatic hydroxyl groups is 1. The van der Waals surface area contributed by atoms with Gasteiger partial charge in [0.1, 0.15) is 0 Å². The zero-order chi connectivity index (χ0) is 9.10. The molecule has 2 N–H and O–H groups in total. The number of rotatable bonds is 3. The normalized spacial score (nSPS) is 15.8. The van der Waals surface area contributed by atoms with Crippen LogP contribution in [0.1, 0.15) is 22.0 Å². The van der Waals surface area contributed by atoms with Crippen molar-refractivity contribution in [3.63, 3.8) is 0 Å². The molecule has 0 amide bonds. The average molecular weight is 198 g/mol. The van der Waals surface area contributed by atoms with Crippen molar-refractivity contribution in [2.45, 2.75) is 25.8 Å². The Morgan fingerprint density at radius 3 is 3.23 bits per heavy atom. The van der Waals surface area contributed by atoms with Crippen molar-refractivity contribution in [3.8, 4) is 0 Å².